The number of hydrogen-bond acceptors (Lipinski definition) is 4. The molecule has 3 aromatic heterocycles. The van der Waals surface area contributed by atoms with Crippen LogP contribution in [0, 0.1) is 0 Å². The molecule has 0 aliphatic heterocycles. The fourth-order valence-corrected chi connectivity index (χ4v) is 2.43. The highest BCUT2D eigenvalue weighted by atomic mass is 16.5. The Morgan fingerprint density at radius 3 is 2.86 bits per heavy atom. The summed E-state index contributed by atoms with van der Waals surface area (Å²) in [7, 11) is 1.60. The van der Waals surface area contributed by atoms with Crippen molar-refractivity contribution in [2.75, 3.05) is 7.11 Å². The molecule has 0 saturated carbocycles. The molecule has 0 saturated heterocycles. The van der Waals surface area contributed by atoms with Crippen LogP contribution in [-0.4, -0.2) is 27.0 Å². The number of H-pyrrole nitrogens is 1. The number of ether oxygens (including phenoxy) is 1. The van der Waals surface area contributed by atoms with E-state index in [9.17, 15) is 0 Å². The largest absolute Gasteiger partial charge is 0.481 e. The molecule has 102 valence electrons. The minimum absolute atomic E-state index is 0.556. The molecule has 3 heterocycles. The van der Waals surface area contributed by atoms with Crippen molar-refractivity contribution in [3.8, 4) is 17.3 Å². The first kappa shape index (κ1) is 11.8. The molecular weight excluding hydrogens is 264 g/mol. The quantitative estimate of drug-likeness (QED) is 0.610. The first-order chi connectivity index (χ1) is 10.3. The number of nitrogens with zero attached hydrogens (tertiary/aromatic N) is 3. The highest BCUT2D eigenvalue weighted by Crippen LogP contribution is 2.27. The molecule has 1 N–H and O–H groups in total. The molecule has 21 heavy (non-hydrogen) atoms. The number of hydrogen-bond donors (Lipinski definition) is 1. The zero-order valence-corrected chi connectivity index (χ0v) is 11.4. The fourth-order valence-electron chi connectivity index (χ4n) is 2.43. The van der Waals surface area contributed by atoms with E-state index in [0.29, 0.717) is 11.5 Å². The maximum absolute atomic E-state index is 5.13. The van der Waals surface area contributed by atoms with Gasteiger partial charge >= 0.3 is 0 Å². The van der Waals surface area contributed by atoms with E-state index in [2.05, 4.69) is 19.9 Å². The van der Waals surface area contributed by atoms with Crippen LogP contribution in [0.25, 0.3) is 33.5 Å². The average molecular weight is 276 g/mol. The minimum atomic E-state index is 0.556. The summed E-state index contributed by atoms with van der Waals surface area (Å²) < 4.78 is 5.13. The molecule has 5 nitrogen and oxygen atoms in total. The third-order valence-corrected chi connectivity index (χ3v) is 3.43. The van der Waals surface area contributed by atoms with E-state index in [0.717, 1.165) is 27.8 Å². The van der Waals surface area contributed by atoms with Crippen LogP contribution in [0.3, 0.4) is 0 Å². The SMILES string of the molecule is COc1ccc2[nH]c(-c3cccc4ncccc34)nc2n1. The predicted octanol–water partition coefficient (Wildman–Crippen LogP) is 3.18. The summed E-state index contributed by atoms with van der Waals surface area (Å²) in [6.45, 7) is 0. The van der Waals surface area contributed by atoms with Crippen LogP contribution in [-0.2, 0) is 0 Å². The predicted molar refractivity (Wildman–Crippen MR) is 81.2 cm³/mol. The first-order valence-electron chi connectivity index (χ1n) is 6.60. The summed E-state index contributed by atoms with van der Waals surface area (Å²) in [6.07, 6.45) is 1.79. The average Bonchev–Trinajstić information content (AvgIpc) is 2.97. The summed E-state index contributed by atoms with van der Waals surface area (Å²) in [5.41, 5.74) is 3.48. The van der Waals surface area contributed by atoms with Crippen molar-refractivity contribution in [3.05, 3.63) is 48.7 Å². The van der Waals surface area contributed by atoms with Crippen molar-refractivity contribution in [1.29, 1.82) is 0 Å². The number of methoxy groups -OCH3 is 1. The Morgan fingerprint density at radius 1 is 1.00 bits per heavy atom. The van der Waals surface area contributed by atoms with Crippen LogP contribution in [0.4, 0.5) is 0 Å². The lowest BCUT2D eigenvalue weighted by atomic mass is 10.1. The second-order valence-electron chi connectivity index (χ2n) is 4.69. The lowest BCUT2D eigenvalue weighted by Gasteiger charge is -2.02. The molecule has 5 heteroatoms. The molecule has 0 radical (unpaired) electrons. The molecule has 0 aliphatic carbocycles. The van der Waals surface area contributed by atoms with Gasteiger partial charge in [0, 0.05) is 23.2 Å². The first-order valence-corrected chi connectivity index (χ1v) is 6.60. The zero-order valence-electron chi connectivity index (χ0n) is 11.4. The van der Waals surface area contributed by atoms with Gasteiger partial charge in [0.15, 0.2) is 5.65 Å². The van der Waals surface area contributed by atoms with E-state index in [1.165, 1.54) is 0 Å². The number of aromatic amines is 1. The second-order valence-corrected chi connectivity index (χ2v) is 4.69. The van der Waals surface area contributed by atoms with E-state index in [1.807, 2.05) is 42.5 Å². The van der Waals surface area contributed by atoms with Crippen molar-refractivity contribution in [2.45, 2.75) is 0 Å². The van der Waals surface area contributed by atoms with Gasteiger partial charge in [-0.25, -0.2) is 4.98 Å². The van der Waals surface area contributed by atoms with Gasteiger partial charge in [-0.1, -0.05) is 18.2 Å². The second kappa shape index (κ2) is 4.56. The maximum atomic E-state index is 5.13. The molecular formula is C16H12N4O. The van der Waals surface area contributed by atoms with Crippen LogP contribution in [0.5, 0.6) is 5.88 Å². The molecule has 4 rings (SSSR count). The number of fused-ring (bicyclic) bond motifs is 2. The number of imidazole rings is 1. The van der Waals surface area contributed by atoms with Gasteiger partial charge in [0.05, 0.1) is 18.1 Å². The molecule has 0 atom stereocenters. The van der Waals surface area contributed by atoms with Gasteiger partial charge in [-0.3, -0.25) is 4.98 Å². The van der Waals surface area contributed by atoms with Crippen molar-refractivity contribution < 1.29 is 4.74 Å². The minimum Gasteiger partial charge on any atom is -0.481 e. The molecule has 1 aromatic carbocycles. The van der Waals surface area contributed by atoms with Gasteiger partial charge in [0.25, 0.3) is 0 Å². The van der Waals surface area contributed by atoms with Gasteiger partial charge in [-0.05, 0) is 18.2 Å². The molecule has 0 spiro atoms. The van der Waals surface area contributed by atoms with Crippen LogP contribution < -0.4 is 4.74 Å². The zero-order chi connectivity index (χ0) is 14.2. The third kappa shape index (κ3) is 1.90. The van der Waals surface area contributed by atoms with Crippen LogP contribution >= 0.6 is 0 Å². The Labute approximate surface area is 120 Å². The standard InChI is InChI=1S/C16H12N4O/c1-21-14-8-7-13-16(19-14)20-15(18-13)11-4-2-6-12-10(11)5-3-9-17-12/h2-9H,1H3,(H,18,19,20). The van der Waals surface area contributed by atoms with Crippen molar-refractivity contribution in [1.82, 2.24) is 19.9 Å². The Hall–Kier alpha value is -2.95. The third-order valence-electron chi connectivity index (χ3n) is 3.43. The van der Waals surface area contributed by atoms with Gasteiger partial charge in [0.1, 0.15) is 5.82 Å². The van der Waals surface area contributed by atoms with E-state index in [4.69, 9.17) is 4.74 Å². The number of rotatable bonds is 2. The van der Waals surface area contributed by atoms with Crippen molar-refractivity contribution >= 4 is 22.1 Å². The highest BCUT2D eigenvalue weighted by molar-refractivity contribution is 5.94. The Bertz CT molecular complexity index is 940. The van der Waals surface area contributed by atoms with E-state index in [-0.39, 0.29) is 0 Å². The van der Waals surface area contributed by atoms with Gasteiger partial charge in [-0.2, -0.15) is 4.98 Å². The van der Waals surface area contributed by atoms with E-state index in [1.54, 1.807) is 13.3 Å². The summed E-state index contributed by atoms with van der Waals surface area (Å²) in [5, 5.41) is 1.06. The molecule has 0 aliphatic rings. The monoisotopic (exact) mass is 276 g/mol. The van der Waals surface area contributed by atoms with Crippen molar-refractivity contribution in [3.63, 3.8) is 0 Å². The normalized spacial score (nSPS) is 11.1. The molecule has 0 unspecified atom stereocenters. The summed E-state index contributed by atoms with van der Waals surface area (Å²) >= 11 is 0. The van der Waals surface area contributed by atoms with Crippen LogP contribution in [0.2, 0.25) is 0 Å². The Morgan fingerprint density at radius 2 is 1.95 bits per heavy atom. The molecule has 0 bridgehead atoms. The summed E-state index contributed by atoms with van der Waals surface area (Å²) in [4.78, 5) is 16.6. The highest BCUT2D eigenvalue weighted by Gasteiger charge is 2.10. The lowest BCUT2D eigenvalue weighted by Crippen LogP contribution is -1.86. The van der Waals surface area contributed by atoms with Crippen molar-refractivity contribution in [2.24, 2.45) is 0 Å². The van der Waals surface area contributed by atoms with Crippen LogP contribution in [0.15, 0.2) is 48.7 Å². The van der Waals surface area contributed by atoms with Gasteiger partial charge in [0.2, 0.25) is 5.88 Å². The topological polar surface area (TPSA) is 63.7 Å². The van der Waals surface area contributed by atoms with E-state index >= 15 is 0 Å². The van der Waals surface area contributed by atoms with Gasteiger partial charge in [-0.15, -0.1) is 0 Å². The smallest absolute Gasteiger partial charge is 0.215 e. The summed E-state index contributed by atoms with van der Waals surface area (Å²) in [5.74, 6) is 1.34. The number of pyridine rings is 2. The Kier molecular flexibility index (Phi) is 2.57. The number of benzene rings is 1. The van der Waals surface area contributed by atoms with E-state index < -0.39 is 0 Å². The summed E-state index contributed by atoms with van der Waals surface area (Å²) in [6, 6.07) is 13.7. The van der Waals surface area contributed by atoms with Gasteiger partial charge < -0.3 is 9.72 Å². The molecule has 4 aromatic rings. The maximum Gasteiger partial charge on any atom is 0.215 e. The lowest BCUT2D eigenvalue weighted by molar-refractivity contribution is 0.399. The molecule has 0 amide bonds. The Balaban J connectivity index is 1.96. The fraction of sp³-hybridized carbons (Fsp3) is 0.0625. The molecule has 0 fully saturated rings. The number of aromatic nitrogens is 4. The number of nitrogens with one attached hydrogen (secondary N) is 1. The van der Waals surface area contributed by atoms with Crippen LogP contribution in [0.1, 0.15) is 0 Å².